The summed E-state index contributed by atoms with van der Waals surface area (Å²) < 4.78 is 5.07. The highest BCUT2D eigenvalue weighted by atomic mass is 16.5. The fourth-order valence-corrected chi connectivity index (χ4v) is 2.02. The number of amides is 1. The largest absolute Gasteiger partial charge is 0.506 e. The van der Waals surface area contributed by atoms with Gasteiger partial charge in [0.25, 0.3) is 5.91 Å². The number of hydrogen-bond acceptors (Lipinski definition) is 4. The number of carbonyl (C=O) groups is 2. The van der Waals surface area contributed by atoms with E-state index >= 15 is 0 Å². The molecule has 0 radical (unpaired) electrons. The zero-order valence-electron chi connectivity index (χ0n) is 11.9. The molecule has 0 fully saturated rings. The number of aromatic hydroxyl groups is 1. The maximum Gasteiger partial charge on any atom is 0.342 e. The second-order valence-electron chi connectivity index (χ2n) is 4.62. The zero-order chi connectivity index (χ0) is 15.4. The summed E-state index contributed by atoms with van der Waals surface area (Å²) in [6, 6.07) is 10.4. The molecule has 110 valence electrons. The van der Waals surface area contributed by atoms with Gasteiger partial charge in [0.15, 0.2) is 6.10 Å². The van der Waals surface area contributed by atoms with E-state index in [0.717, 1.165) is 5.39 Å². The molecule has 0 aliphatic rings. The summed E-state index contributed by atoms with van der Waals surface area (Å²) in [6.07, 6.45) is -0.914. The Hall–Kier alpha value is -2.56. The van der Waals surface area contributed by atoms with Crippen molar-refractivity contribution in [2.24, 2.45) is 0 Å². The first-order valence-corrected chi connectivity index (χ1v) is 6.74. The zero-order valence-corrected chi connectivity index (χ0v) is 11.9. The van der Waals surface area contributed by atoms with Gasteiger partial charge in [-0.15, -0.1) is 0 Å². The van der Waals surface area contributed by atoms with Crippen LogP contribution in [0.3, 0.4) is 0 Å². The van der Waals surface area contributed by atoms with Crippen molar-refractivity contribution in [1.29, 1.82) is 0 Å². The smallest absolute Gasteiger partial charge is 0.342 e. The van der Waals surface area contributed by atoms with Crippen LogP contribution in [-0.4, -0.2) is 29.6 Å². The highest BCUT2D eigenvalue weighted by molar-refractivity contribution is 6.01. The molecule has 0 aromatic heterocycles. The first-order valence-electron chi connectivity index (χ1n) is 6.74. The van der Waals surface area contributed by atoms with E-state index in [1.807, 2.05) is 12.1 Å². The molecule has 2 aromatic carbocycles. The topological polar surface area (TPSA) is 75.6 Å². The van der Waals surface area contributed by atoms with Crippen molar-refractivity contribution in [1.82, 2.24) is 5.32 Å². The minimum absolute atomic E-state index is 0.0462. The van der Waals surface area contributed by atoms with Crippen LogP contribution < -0.4 is 5.32 Å². The molecule has 1 atom stereocenters. The number of phenolic OH excluding ortho intramolecular Hbond substituents is 1. The third kappa shape index (κ3) is 3.13. The van der Waals surface area contributed by atoms with Gasteiger partial charge in [-0.05, 0) is 25.3 Å². The molecule has 0 saturated heterocycles. The maximum absolute atomic E-state index is 12.1. The van der Waals surface area contributed by atoms with Crippen molar-refractivity contribution < 1.29 is 19.4 Å². The molecule has 5 heteroatoms. The van der Waals surface area contributed by atoms with Gasteiger partial charge in [0.2, 0.25) is 0 Å². The van der Waals surface area contributed by atoms with E-state index in [1.165, 1.54) is 13.0 Å². The Morgan fingerprint density at radius 1 is 1.24 bits per heavy atom. The second kappa shape index (κ2) is 6.26. The molecule has 21 heavy (non-hydrogen) atoms. The highest BCUT2D eigenvalue weighted by Crippen LogP contribution is 2.29. The Bertz CT molecular complexity index is 681. The molecular weight excluding hydrogens is 270 g/mol. The fourth-order valence-electron chi connectivity index (χ4n) is 2.02. The predicted molar refractivity (Wildman–Crippen MR) is 79.2 cm³/mol. The number of nitrogens with one attached hydrogen (secondary N) is 1. The van der Waals surface area contributed by atoms with E-state index in [1.54, 1.807) is 25.1 Å². The molecule has 0 saturated carbocycles. The Balaban J connectivity index is 2.24. The number of fused-ring (bicyclic) bond motifs is 1. The lowest BCUT2D eigenvalue weighted by molar-refractivity contribution is -0.128. The lowest BCUT2D eigenvalue weighted by atomic mass is 10.1. The Morgan fingerprint density at radius 3 is 2.67 bits per heavy atom. The average molecular weight is 287 g/mol. The number of phenols is 1. The van der Waals surface area contributed by atoms with Gasteiger partial charge in [0, 0.05) is 11.9 Å². The summed E-state index contributed by atoms with van der Waals surface area (Å²) in [7, 11) is 0. The van der Waals surface area contributed by atoms with Gasteiger partial charge in [0.1, 0.15) is 11.3 Å². The van der Waals surface area contributed by atoms with Crippen molar-refractivity contribution in [3.63, 3.8) is 0 Å². The predicted octanol–water partition coefficient (Wildman–Crippen LogP) is 2.23. The van der Waals surface area contributed by atoms with Crippen LogP contribution in [0.15, 0.2) is 36.4 Å². The standard InChI is InChI=1S/C16H17NO4/c1-3-17-15(19)10(2)21-16(20)13-9-8-11-6-4-5-7-12(11)14(13)18/h4-10,18H,3H2,1-2H3,(H,17,19)/t10-/m1/s1. The maximum atomic E-state index is 12.1. The van der Waals surface area contributed by atoms with Crippen molar-refractivity contribution in [3.8, 4) is 5.75 Å². The van der Waals surface area contributed by atoms with Crippen molar-refractivity contribution in [2.45, 2.75) is 20.0 Å². The molecule has 0 aliphatic carbocycles. The van der Waals surface area contributed by atoms with Gasteiger partial charge in [-0.25, -0.2) is 4.79 Å². The molecule has 0 unspecified atom stereocenters. The lowest BCUT2D eigenvalue weighted by Gasteiger charge is -2.13. The minimum atomic E-state index is -0.914. The van der Waals surface area contributed by atoms with Crippen LogP contribution in [0, 0.1) is 0 Å². The molecule has 2 N–H and O–H groups in total. The normalized spacial score (nSPS) is 11.9. The van der Waals surface area contributed by atoms with E-state index < -0.39 is 12.1 Å². The van der Waals surface area contributed by atoms with Crippen molar-refractivity contribution >= 4 is 22.6 Å². The number of rotatable bonds is 4. The van der Waals surface area contributed by atoms with Gasteiger partial charge in [0.05, 0.1) is 0 Å². The summed E-state index contributed by atoms with van der Waals surface area (Å²) in [6.45, 7) is 3.73. The number of carbonyl (C=O) groups excluding carboxylic acids is 2. The Morgan fingerprint density at radius 2 is 1.95 bits per heavy atom. The third-order valence-corrected chi connectivity index (χ3v) is 3.12. The van der Waals surface area contributed by atoms with E-state index in [9.17, 15) is 14.7 Å². The van der Waals surface area contributed by atoms with E-state index in [2.05, 4.69) is 5.32 Å². The van der Waals surface area contributed by atoms with Gasteiger partial charge in [-0.2, -0.15) is 0 Å². The van der Waals surface area contributed by atoms with Crippen LogP contribution in [0.5, 0.6) is 5.75 Å². The molecule has 2 aromatic rings. The first-order chi connectivity index (χ1) is 10.0. The SMILES string of the molecule is CCNC(=O)[C@@H](C)OC(=O)c1ccc2ccccc2c1O. The van der Waals surface area contributed by atoms with Crippen molar-refractivity contribution in [2.75, 3.05) is 6.54 Å². The summed E-state index contributed by atoms with van der Waals surface area (Å²) >= 11 is 0. The monoisotopic (exact) mass is 287 g/mol. The average Bonchev–Trinajstić information content (AvgIpc) is 2.48. The van der Waals surface area contributed by atoms with Crippen LogP contribution in [0.1, 0.15) is 24.2 Å². The number of benzene rings is 2. The van der Waals surface area contributed by atoms with E-state index in [0.29, 0.717) is 11.9 Å². The van der Waals surface area contributed by atoms with Gasteiger partial charge < -0.3 is 15.2 Å². The molecule has 2 rings (SSSR count). The molecular formula is C16H17NO4. The minimum Gasteiger partial charge on any atom is -0.506 e. The molecule has 5 nitrogen and oxygen atoms in total. The van der Waals surface area contributed by atoms with Gasteiger partial charge in [-0.1, -0.05) is 30.3 Å². The number of hydrogen-bond donors (Lipinski definition) is 2. The van der Waals surface area contributed by atoms with Crippen LogP contribution in [0.25, 0.3) is 10.8 Å². The Labute approximate surface area is 122 Å². The number of esters is 1. The van der Waals surface area contributed by atoms with Crippen LogP contribution in [-0.2, 0) is 9.53 Å². The molecule has 1 amide bonds. The van der Waals surface area contributed by atoms with Crippen LogP contribution >= 0.6 is 0 Å². The second-order valence-corrected chi connectivity index (χ2v) is 4.62. The summed E-state index contributed by atoms with van der Waals surface area (Å²) in [4.78, 5) is 23.6. The van der Waals surface area contributed by atoms with Crippen molar-refractivity contribution in [3.05, 3.63) is 42.0 Å². The third-order valence-electron chi connectivity index (χ3n) is 3.12. The molecule has 0 spiro atoms. The number of ether oxygens (including phenoxy) is 1. The Kier molecular flexibility index (Phi) is 4.42. The van der Waals surface area contributed by atoms with Gasteiger partial charge in [-0.3, -0.25) is 4.79 Å². The van der Waals surface area contributed by atoms with Gasteiger partial charge >= 0.3 is 5.97 Å². The highest BCUT2D eigenvalue weighted by Gasteiger charge is 2.21. The summed E-state index contributed by atoms with van der Waals surface area (Å²) in [5, 5.41) is 14.1. The van der Waals surface area contributed by atoms with E-state index in [4.69, 9.17) is 4.74 Å². The van der Waals surface area contributed by atoms with Crippen LogP contribution in [0.4, 0.5) is 0 Å². The quantitative estimate of drug-likeness (QED) is 0.845. The first kappa shape index (κ1) is 14.8. The van der Waals surface area contributed by atoms with Crippen LogP contribution in [0.2, 0.25) is 0 Å². The summed E-state index contributed by atoms with van der Waals surface area (Å²) in [5.74, 6) is -1.23. The summed E-state index contributed by atoms with van der Waals surface area (Å²) in [5.41, 5.74) is 0.0462. The fraction of sp³-hybridized carbons (Fsp3) is 0.250. The number of likely N-dealkylation sites (N-methyl/N-ethyl adjacent to an activating group) is 1. The molecule has 0 aliphatic heterocycles. The molecule has 0 heterocycles. The molecule has 0 bridgehead atoms. The lowest BCUT2D eigenvalue weighted by Crippen LogP contribution is -2.35. The van der Waals surface area contributed by atoms with E-state index in [-0.39, 0.29) is 17.2 Å².